The number of hydrogen-bond donors (Lipinski definition) is 1. The van der Waals surface area contributed by atoms with Crippen LogP contribution >= 0.6 is 0 Å². The first-order chi connectivity index (χ1) is 23.8. The minimum Gasteiger partial charge on any atom is -0.457 e. The predicted octanol–water partition coefficient (Wildman–Crippen LogP) is 11.7. The number of halogens is 8. The first-order valence-corrected chi connectivity index (χ1v) is 16.0. The zero-order valence-electron chi connectivity index (χ0n) is 27.7. The quantitative estimate of drug-likeness (QED) is 0.160. The van der Waals surface area contributed by atoms with Crippen molar-refractivity contribution >= 4 is 11.4 Å². The fraction of sp³-hybridized carbons (Fsp3) is 0.250. The summed E-state index contributed by atoms with van der Waals surface area (Å²) in [4.78, 5) is 1.23. The molecule has 51 heavy (non-hydrogen) atoms. The fourth-order valence-electron chi connectivity index (χ4n) is 6.26. The maximum atomic E-state index is 14.6. The van der Waals surface area contributed by atoms with E-state index in [9.17, 15) is 40.2 Å². The Kier molecular flexibility index (Phi) is 9.16. The lowest BCUT2D eigenvalue weighted by Crippen LogP contribution is -2.39. The van der Waals surface area contributed by atoms with Gasteiger partial charge in [-0.05, 0) is 69.1 Å². The molecule has 1 aliphatic rings. The highest BCUT2D eigenvalue weighted by molar-refractivity contribution is 5.93. The van der Waals surface area contributed by atoms with Crippen molar-refractivity contribution in [1.29, 1.82) is 0 Å². The number of benzene rings is 5. The van der Waals surface area contributed by atoms with Crippen LogP contribution < -0.4 is 9.64 Å². The van der Waals surface area contributed by atoms with Crippen LogP contribution in [0, 0.1) is 0 Å². The molecule has 0 heterocycles. The molecule has 0 spiro atoms. The van der Waals surface area contributed by atoms with Crippen LogP contribution in [0.25, 0.3) is 22.3 Å². The van der Waals surface area contributed by atoms with Crippen molar-refractivity contribution in [2.75, 3.05) is 11.4 Å². The lowest BCUT2D eigenvalue weighted by atomic mass is 9.87. The van der Waals surface area contributed by atoms with E-state index in [2.05, 4.69) is 0 Å². The van der Waals surface area contributed by atoms with Crippen molar-refractivity contribution in [3.05, 3.63) is 131 Å². The largest absolute Gasteiger partial charge is 0.458 e. The smallest absolute Gasteiger partial charge is 0.457 e. The molecule has 0 amide bonds. The van der Waals surface area contributed by atoms with Gasteiger partial charge >= 0.3 is 18.3 Å². The van der Waals surface area contributed by atoms with Crippen LogP contribution in [0.4, 0.5) is 46.5 Å². The molecule has 0 aliphatic heterocycles. The molecule has 0 saturated carbocycles. The fourth-order valence-corrected chi connectivity index (χ4v) is 6.26. The number of aliphatic hydroxyl groups excluding tert-OH is 1. The number of nitrogens with zero attached hydrogens (tertiary/aromatic N) is 1. The van der Waals surface area contributed by atoms with Crippen molar-refractivity contribution in [2.24, 2.45) is 0 Å². The van der Waals surface area contributed by atoms with Gasteiger partial charge in [0, 0.05) is 29.3 Å². The lowest BCUT2D eigenvalue weighted by molar-refractivity contribution is -0.289. The van der Waals surface area contributed by atoms with Gasteiger partial charge in [-0.15, -0.1) is 0 Å². The molecule has 11 heteroatoms. The molecule has 5 aromatic carbocycles. The van der Waals surface area contributed by atoms with Gasteiger partial charge in [-0.25, -0.2) is 0 Å². The van der Waals surface area contributed by atoms with E-state index >= 15 is 0 Å². The molecule has 6 rings (SSSR count). The maximum Gasteiger partial charge on any atom is 0.458 e. The molecule has 1 aliphatic carbocycles. The van der Waals surface area contributed by atoms with E-state index in [1.165, 1.54) is 29.2 Å². The number of rotatable bonds is 8. The van der Waals surface area contributed by atoms with Gasteiger partial charge < -0.3 is 14.7 Å². The highest BCUT2D eigenvalue weighted by Gasteiger charge is 2.58. The Hall–Kier alpha value is -4.90. The average molecular weight is 712 g/mol. The number of aliphatic hydroxyl groups is 1. The molecule has 0 aromatic heterocycles. The third-order valence-corrected chi connectivity index (χ3v) is 8.92. The second kappa shape index (κ2) is 13.0. The van der Waals surface area contributed by atoms with Crippen molar-refractivity contribution < 1.29 is 45.0 Å². The van der Waals surface area contributed by atoms with Gasteiger partial charge in [0.15, 0.2) is 6.10 Å². The monoisotopic (exact) mass is 711 g/mol. The molecule has 0 radical (unpaired) electrons. The third kappa shape index (κ3) is 7.17. The van der Waals surface area contributed by atoms with Gasteiger partial charge in [-0.3, -0.25) is 0 Å². The Labute approximate surface area is 289 Å². The SMILES string of the molecule is CC(C)(C)c1cccc(Oc2cccc(N(CC(O)C(F)(F)F)c3c(-c4cccc(C(F)(F)C(F)(F)F)c4)ccc4c3Cc3ccccc3-4)c2)c1. The first kappa shape index (κ1) is 35.9. The number of alkyl halides is 8. The van der Waals surface area contributed by atoms with Gasteiger partial charge in [-0.2, -0.15) is 35.1 Å². The summed E-state index contributed by atoms with van der Waals surface area (Å²) in [5, 5.41) is 10.5. The maximum absolute atomic E-state index is 14.6. The van der Waals surface area contributed by atoms with E-state index in [1.807, 2.05) is 51.1 Å². The molecule has 1 unspecified atom stereocenters. The third-order valence-electron chi connectivity index (χ3n) is 8.92. The van der Waals surface area contributed by atoms with Crippen molar-refractivity contribution in [1.82, 2.24) is 0 Å². The van der Waals surface area contributed by atoms with Crippen LogP contribution in [-0.4, -0.2) is 30.1 Å². The first-order valence-electron chi connectivity index (χ1n) is 16.0. The lowest BCUT2D eigenvalue weighted by Gasteiger charge is -2.32. The summed E-state index contributed by atoms with van der Waals surface area (Å²) < 4.78 is 118. The molecule has 3 nitrogen and oxygen atoms in total. The Morgan fingerprint density at radius 1 is 0.667 bits per heavy atom. The summed E-state index contributed by atoms with van der Waals surface area (Å²) in [6.45, 7) is 5.07. The number of hydrogen-bond acceptors (Lipinski definition) is 3. The number of anilines is 2. The number of ether oxygens (including phenoxy) is 1. The predicted molar refractivity (Wildman–Crippen MR) is 181 cm³/mol. The van der Waals surface area contributed by atoms with E-state index in [-0.39, 0.29) is 40.1 Å². The molecule has 0 bridgehead atoms. The highest BCUT2D eigenvalue weighted by atomic mass is 19.4. The highest BCUT2D eigenvalue weighted by Crippen LogP contribution is 2.50. The summed E-state index contributed by atoms with van der Waals surface area (Å²) >= 11 is 0. The van der Waals surface area contributed by atoms with E-state index in [0.29, 0.717) is 29.0 Å². The second-order valence-corrected chi connectivity index (χ2v) is 13.5. The van der Waals surface area contributed by atoms with Gasteiger partial charge in [0.2, 0.25) is 0 Å². The molecular weight excluding hydrogens is 678 g/mol. The van der Waals surface area contributed by atoms with Gasteiger partial charge in [-0.1, -0.05) is 93.6 Å². The zero-order chi connectivity index (χ0) is 36.9. The van der Waals surface area contributed by atoms with E-state index in [1.54, 1.807) is 36.4 Å². The second-order valence-electron chi connectivity index (χ2n) is 13.5. The van der Waals surface area contributed by atoms with E-state index < -0.39 is 36.5 Å². The molecule has 0 fully saturated rings. The summed E-state index contributed by atoms with van der Waals surface area (Å²) in [6, 6.07) is 27.7. The van der Waals surface area contributed by atoms with E-state index in [4.69, 9.17) is 4.74 Å². The number of fused-ring (bicyclic) bond motifs is 3. The minimum absolute atomic E-state index is 0.0805. The van der Waals surface area contributed by atoms with Crippen LogP contribution in [0.3, 0.4) is 0 Å². The molecule has 5 aromatic rings. The standard InChI is InChI=1S/C40H33F8NO2/c1-37(2,3)26-11-7-14-29(21-26)51-30-15-8-13-28(22-30)49(23-35(50)39(43,44)45)36-32(17-18-33-31-16-5-4-9-25(31)20-34(33)36)24-10-6-12-27(19-24)38(41,42)40(46,47)48/h4-19,21-22,35,50H,20,23H2,1-3H3. The Bertz CT molecular complexity index is 2060. The van der Waals surface area contributed by atoms with Crippen LogP contribution in [0.15, 0.2) is 109 Å². The summed E-state index contributed by atoms with van der Waals surface area (Å²) in [5.41, 5.74) is 2.55. The van der Waals surface area contributed by atoms with Crippen molar-refractivity contribution in [3.63, 3.8) is 0 Å². The molecule has 0 saturated heterocycles. The van der Waals surface area contributed by atoms with Crippen LogP contribution in [0.2, 0.25) is 0 Å². The van der Waals surface area contributed by atoms with Crippen LogP contribution in [0.5, 0.6) is 11.5 Å². The zero-order valence-corrected chi connectivity index (χ0v) is 27.7. The van der Waals surface area contributed by atoms with Crippen LogP contribution in [-0.2, 0) is 17.8 Å². The normalized spacial score (nSPS) is 13.8. The topological polar surface area (TPSA) is 32.7 Å². The molecule has 1 atom stereocenters. The molecule has 1 N–H and O–H groups in total. The van der Waals surface area contributed by atoms with Crippen molar-refractivity contribution in [2.45, 2.75) is 57.0 Å². The molecule has 266 valence electrons. The van der Waals surface area contributed by atoms with Crippen molar-refractivity contribution in [3.8, 4) is 33.8 Å². The van der Waals surface area contributed by atoms with Gasteiger partial charge in [0.1, 0.15) is 11.5 Å². The Morgan fingerprint density at radius 2 is 1.29 bits per heavy atom. The van der Waals surface area contributed by atoms with Gasteiger partial charge in [0.25, 0.3) is 0 Å². The van der Waals surface area contributed by atoms with Gasteiger partial charge in [0.05, 0.1) is 12.2 Å². The van der Waals surface area contributed by atoms with E-state index in [0.717, 1.165) is 22.8 Å². The Balaban J connectivity index is 1.55. The molecular formula is C40H33F8NO2. The average Bonchev–Trinajstić information content (AvgIpc) is 3.45. The summed E-state index contributed by atoms with van der Waals surface area (Å²) in [6.07, 6.45) is -13.6. The van der Waals surface area contributed by atoms with Crippen LogP contribution in [0.1, 0.15) is 43.0 Å². The summed E-state index contributed by atoms with van der Waals surface area (Å²) in [5.74, 6) is -4.46. The minimum atomic E-state index is -5.89. The summed E-state index contributed by atoms with van der Waals surface area (Å²) in [7, 11) is 0. The Morgan fingerprint density at radius 3 is 1.98 bits per heavy atom.